The Hall–Kier alpha value is -1.88. The van der Waals surface area contributed by atoms with E-state index in [2.05, 4.69) is 5.32 Å². The minimum absolute atomic E-state index is 0.249. The monoisotopic (exact) mass is 250 g/mol. The van der Waals surface area contributed by atoms with Crippen molar-refractivity contribution < 1.29 is 13.6 Å². The van der Waals surface area contributed by atoms with Crippen LogP contribution in [0.25, 0.3) is 11.0 Å². The molecule has 1 aromatic carbocycles. The Morgan fingerprint density at radius 1 is 1.56 bits per heavy atom. The van der Waals surface area contributed by atoms with Crippen LogP contribution in [-0.4, -0.2) is 11.9 Å². The Morgan fingerprint density at radius 2 is 2.28 bits per heavy atom. The quantitative estimate of drug-likeness (QED) is 0.873. The lowest BCUT2D eigenvalue weighted by atomic mass is 10.1. The van der Waals surface area contributed by atoms with Crippen LogP contribution in [-0.2, 0) is 11.3 Å². The summed E-state index contributed by atoms with van der Waals surface area (Å²) in [6.45, 7) is 3.69. The summed E-state index contributed by atoms with van der Waals surface area (Å²) >= 11 is 0. The molecular formula is C13H15FN2O2. The Balaban J connectivity index is 2.24. The van der Waals surface area contributed by atoms with E-state index in [1.54, 1.807) is 13.0 Å². The van der Waals surface area contributed by atoms with Crippen molar-refractivity contribution in [1.29, 1.82) is 0 Å². The third-order valence-electron chi connectivity index (χ3n) is 2.83. The molecule has 0 spiro atoms. The molecule has 18 heavy (non-hydrogen) atoms. The summed E-state index contributed by atoms with van der Waals surface area (Å²) < 4.78 is 18.7. The van der Waals surface area contributed by atoms with Crippen LogP contribution in [0.1, 0.15) is 18.2 Å². The average molecular weight is 250 g/mol. The fourth-order valence-corrected chi connectivity index (χ4v) is 1.74. The average Bonchev–Trinajstić information content (AvgIpc) is 2.63. The predicted octanol–water partition coefficient (Wildman–Crippen LogP) is 1.84. The zero-order valence-electron chi connectivity index (χ0n) is 10.3. The summed E-state index contributed by atoms with van der Waals surface area (Å²) in [6.07, 6.45) is 0. The van der Waals surface area contributed by atoms with Gasteiger partial charge in [-0.3, -0.25) is 4.79 Å². The topological polar surface area (TPSA) is 68.3 Å². The van der Waals surface area contributed by atoms with E-state index in [0.29, 0.717) is 11.3 Å². The molecule has 0 unspecified atom stereocenters. The molecule has 0 fully saturated rings. The molecule has 1 atom stereocenters. The summed E-state index contributed by atoms with van der Waals surface area (Å²) in [5.41, 5.74) is 6.88. The summed E-state index contributed by atoms with van der Waals surface area (Å²) in [5.74, 6) is 0.0585. The van der Waals surface area contributed by atoms with E-state index in [9.17, 15) is 9.18 Å². The number of nitrogens with one attached hydrogen (secondary N) is 1. The van der Waals surface area contributed by atoms with Gasteiger partial charge >= 0.3 is 0 Å². The Bertz CT molecular complexity index is 590. The zero-order chi connectivity index (χ0) is 13.3. The number of hydrogen-bond donors (Lipinski definition) is 2. The molecule has 0 aliphatic carbocycles. The van der Waals surface area contributed by atoms with Gasteiger partial charge in [-0.15, -0.1) is 0 Å². The minimum atomic E-state index is -0.563. The molecule has 0 radical (unpaired) electrons. The molecular weight excluding hydrogens is 235 g/mol. The van der Waals surface area contributed by atoms with Crippen molar-refractivity contribution in [2.75, 3.05) is 0 Å². The maximum Gasteiger partial charge on any atom is 0.237 e. The summed E-state index contributed by atoms with van der Waals surface area (Å²) in [5, 5.41) is 3.39. The van der Waals surface area contributed by atoms with Crippen LogP contribution in [0, 0.1) is 12.7 Å². The smallest absolute Gasteiger partial charge is 0.237 e. The summed E-state index contributed by atoms with van der Waals surface area (Å²) in [6, 6.07) is 3.78. The molecule has 2 aromatic rings. The van der Waals surface area contributed by atoms with E-state index in [4.69, 9.17) is 10.2 Å². The molecule has 0 saturated carbocycles. The van der Waals surface area contributed by atoms with Crippen LogP contribution in [0.2, 0.25) is 0 Å². The minimum Gasteiger partial charge on any atom is -0.459 e. The predicted molar refractivity (Wildman–Crippen MR) is 66.4 cm³/mol. The standard InChI is InChI=1S/C13H15FN2O2/c1-7-10-5-9(14)3-4-11(10)18-12(7)6-16-13(17)8(2)15/h3-5,8H,6,15H2,1-2H3,(H,16,17)/t8-/m0/s1. The lowest BCUT2D eigenvalue weighted by Gasteiger charge is -2.06. The second kappa shape index (κ2) is 4.78. The number of nitrogens with two attached hydrogens (primary N) is 1. The number of rotatable bonds is 3. The first kappa shape index (κ1) is 12.6. The van der Waals surface area contributed by atoms with Gasteiger partial charge in [-0.25, -0.2) is 4.39 Å². The van der Waals surface area contributed by atoms with Crippen LogP contribution < -0.4 is 11.1 Å². The van der Waals surface area contributed by atoms with Crippen molar-refractivity contribution in [3.05, 3.63) is 35.3 Å². The Kier molecular flexibility index (Phi) is 3.34. The molecule has 1 amide bonds. The van der Waals surface area contributed by atoms with Crippen molar-refractivity contribution in [3.8, 4) is 0 Å². The maximum absolute atomic E-state index is 13.1. The van der Waals surface area contributed by atoms with Crippen LogP contribution in [0.4, 0.5) is 4.39 Å². The number of hydrogen-bond acceptors (Lipinski definition) is 3. The van der Waals surface area contributed by atoms with Gasteiger partial charge in [0.05, 0.1) is 12.6 Å². The fraction of sp³-hybridized carbons (Fsp3) is 0.308. The van der Waals surface area contributed by atoms with Gasteiger partial charge in [-0.2, -0.15) is 0 Å². The third-order valence-corrected chi connectivity index (χ3v) is 2.83. The Labute approximate surface area is 104 Å². The van der Waals surface area contributed by atoms with Gasteiger partial charge in [0.2, 0.25) is 5.91 Å². The first-order valence-corrected chi connectivity index (χ1v) is 5.70. The Morgan fingerprint density at radius 3 is 2.94 bits per heavy atom. The number of amides is 1. The molecule has 3 N–H and O–H groups in total. The van der Waals surface area contributed by atoms with Crippen molar-refractivity contribution in [1.82, 2.24) is 5.32 Å². The first-order chi connectivity index (χ1) is 8.49. The number of benzene rings is 1. The van der Waals surface area contributed by atoms with Crippen LogP contribution in [0.15, 0.2) is 22.6 Å². The molecule has 0 bridgehead atoms. The van der Waals surface area contributed by atoms with Crippen LogP contribution in [0.3, 0.4) is 0 Å². The van der Waals surface area contributed by atoms with E-state index in [1.165, 1.54) is 12.1 Å². The lowest BCUT2D eigenvalue weighted by Crippen LogP contribution is -2.37. The van der Waals surface area contributed by atoms with Crippen molar-refractivity contribution >= 4 is 16.9 Å². The molecule has 5 heteroatoms. The molecule has 1 aromatic heterocycles. The van der Waals surface area contributed by atoms with E-state index in [1.807, 2.05) is 6.92 Å². The highest BCUT2D eigenvalue weighted by molar-refractivity contribution is 5.83. The number of furan rings is 1. The van der Waals surface area contributed by atoms with Crippen molar-refractivity contribution in [3.63, 3.8) is 0 Å². The largest absolute Gasteiger partial charge is 0.459 e. The van der Waals surface area contributed by atoms with Crippen LogP contribution >= 0.6 is 0 Å². The van der Waals surface area contributed by atoms with Gasteiger partial charge in [0, 0.05) is 10.9 Å². The molecule has 2 rings (SSSR count). The van der Waals surface area contributed by atoms with E-state index in [-0.39, 0.29) is 18.3 Å². The van der Waals surface area contributed by atoms with E-state index >= 15 is 0 Å². The van der Waals surface area contributed by atoms with Crippen molar-refractivity contribution in [2.45, 2.75) is 26.4 Å². The summed E-state index contributed by atoms with van der Waals surface area (Å²) in [4.78, 5) is 11.4. The molecule has 4 nitrogen and oxygen atoms in total. The normalized spacial score (nSPS) is 12.7. The van der Waals surface area contributed by atoms with Gasteiger partial charge in [0.15, 0.2) is 0 Å². The highest BCUT2D eigenvalue weighted by Gasteiger charge is 2.13. The second-order valence-corrected chi connectivity index (χ2v) is 4.30. The lowest BCUT2D eigenvalue weighted by molar-refractivity contribution is -0.122. The van der Waals surface area contributed by atoms with Gasteiger partial charge in [-0.1, -0.05) is 0 Å². The molecule has 96 valence electrons. The third kappa shape index (κ3) is 2.36. The first-order valence-electron chi connectivity index (χ1n) is 5.70. The van der Waals surface area contributed by atoms with E-state index < -0.39 is 6.04 Å². The van der Waals surface area contributed by atoms with E-state index in [0.717, 1.165) is 10.9 Å². The fourth-order valence-electron chi connectivity index (χ4n) is 1.74. The zero-order valence-corrected chi connectivity index (χ0v) is 10.3. The highest BCUT2D eigenvalue weighted by Crippen LogP contribution is 2.25. The molecule has 0 saturated heterocycles. The van der Waals surface area contributed by atoms with Gasteiger partial charge in [0.1, 0.15) is 17.2 Å². The van der Waals surface area contributed by atoms with Gasteiger partial charge in [0.25, 0.3) is 0 Å². The van der Waals surface area contributed by atoms with Gasteiger partial charge < -0.3 is 15.5 Å². The highest BCUT2D eigenvalue weighted by atomic mass is 19.1. The van der Waals surface area contributed by atoms with Crippen molar-refractivity contribution in [2.24, 2.45) is 5.73 Å². The number of aryl methyl sites for hydroxylation is 1. The number of carbonyl (C=O) groups is 1. The second-order valence-electron chi connectivity index (χ2n) is 4.30. The molecule has 0 aliphatic rings. The number of halogens is 1. The maximum atomic E-state index is 13.1. The molecule has 0 aliphatic heterocycles. The molecule has 1 heterocycles. The number of carbonyl (C=O) groups excluding carboxylic acids is 1. The SMILES string of the molecule is Cc1c(CNC(=O)[C@H](C)N)oc2ccc(F)cc12. The summed E-state index contributed by atoms with van der Waals surface area (Å²) in [7, 11) is 0. The van der Waals surface area contributed by atoms with Gasteiger partial charge in [-0.05, 0) is 32.0 Å². The van der Waals surface area contributed by atoms with Crippen LogP contribution in [0.5, 0.6) is 0 Å². The number of fused-ring (bicyclic) bond motifs is 1.